The molecule has 1 aromatic heterocycles. The Morgan fingerprint density at radius 3 is 2.62 bits per heavy atom. The van der Waals surface area contributed by atoms with Gasteiger partial charge in [0.2, 0.25) is 11.8 Å². The number of para-hydroxylation sites is 1. The lowest BCUT2D eigenvalue weighted by atomic mass is 10.1. The summed E-state index contributed by atoms with van der Waals surface area (Å²) >= 11 is 0. The molecule has 1 aliphatic rings. The van der Waals surface area contributed by atoms with Gasteiger partial charge >= 0.3 is 5.97 Å². The van der Waals surface area contributed by atoms with Crippen LogP contribution in [-0.2, 0) is 20.9 Å². The van der Waals surface area contributed by atoms with Crippen LogP contribution < -0.4 is 20.7 Å². The van der Waals surface area contributed by atoms with Crippen molar-refractivity contribution in [1.29, 1.82) is 0 Å². The zero-order valence-corrected chi connectivity index (χ0v) is 21.4. The molecule has 3 rings (SSSR count). The number of methoxy groups -OCH3 is 1. The third kappa shape index (κ3) is 9.83. The molecule has 202 valence electrons. The van der Waals surface area contributed by atoms with Crippen LogP contribution in [0.1, 0.15) is 85.9 Å². The van der Waals surface area contributed by atoms with Gasteiger partial charge in [0.15, 0.2) is 12.4 Å². The molecule has 2 amide bonds. The Bertz CT molecular complexity index is 1000. The van der Waals surface area contributed by atoms with E-state index in [4.69, 9.17) is 14.0 Å². The maximum absolute atomic E-state index is 12.0. The van der Waals surface area contributed by atoms with Gasteiger partial charge < -0.3 is 29.9 Å². The van der Waals surface area contributed by atoms with E-state index in [9.17, 15) is 14.4 Å². The van der Waals surface area contributed by atoms with Crippen LogP contribution in [0.5, 0.6) is 5.75 Å². The van der Waals surface area contributed by atoms with Crippen molar-refractivity contribution in [2.45, 2.75) is 70.4 Å². The number of unbranched alkanes of at least 4 members (excludes halogenated alkanes) is 5. The van der Waals surface area contributed by atoms with E-state index < -0.39 is 5.97 Å². The third-order valence-electron chi connectivity index (χ3n) is 6.09. The number of carbonyl (C=O) groups excluding carboxylic acids is 3. The minimum Gasteiger partial charge on any atom is -0.483 e. The Balaban J connectivity index is 1.15. The van der Waals surface area contributed by atoms with Crippen molar-refractivity contribution in [1.82, 2.24) is 26.1 Å². The second-order valence-corrected chi connectivity index (χ2v) is 8.97. The first-order valence-corrected chi connectivity index (χ1v) is 13.0. The zero-order chi connectivity index (χ0) is 26.3. The Labute approximate surface area is 217 Å². The van der Waals surface area contributed by atoms with Gasteiger partial charge in [0, 0.05) is 13.0 Å². The van der Waals surface area contributed by atoms with Crippen LogP contribution in [0.2, 0.25) is 0 Å². The van der Waals surface area contributed by atoms with Gasteiger partial charge in [-0.1, -0.05) is 43.0 Å². The Hall–Kier alpha value is -3.47. The number of aromatic nitrogens is 2. The SMILES string of the molecule is COC(=O)c1ccccc1OCC(=O)NCCCCCCCCC(=O)NCc1noc([C@H]2CCCN2)n1. The zero-order valence-electron chi connectivity index (χ0n) is 21.4. The van der Waals surface area contributed by atoms with E-state index in [1.54, 1.807) is 24.3 Å². The molecular formula is C26H37N5O6. The smallest absolute Gasteiger partial charge is 0.341 e. The highest BCUT2D eigenvalue weighted by Crippen LogP contribution is 2.21. The summed E-state index contributed by atoms with van der Waals surface area (Å²) in [5.74, 6) is 0.658. The lowest BCUT2D eigenvalue weighted by Gasteiger charge is -2.10. The molecule has 0 aliphatic carbocycles. The molecule has 0 saturated carbocycles. The summed E-state index contributed by atoms with van der Waals surface area (Å²) in [4.78, 5) is 40.1. The van der Waals surface area contributed by atoms with Crippen molar-refractivity contribution in [3.05, 3.63) is 41.5 Å². The predicted octanol–water partition coefficient (Wildman–Crippen LogP) is 2.82. The van der Waals surface area contributed by atoms with Crippen LogP contribution in [-0.4, -0.2) is 54.7 Å². The second-order valence-electron chi connectivity index (χ2n) is 8.97. The monoisotopic (exact) mass is 515 g/mol. The number of ether oxygens (including phenoxy) is 2. The molecule has 0 radical (unpaired) electrons. The first-order valence-electron chi connectivity index (χ1n) is 13.0. The normalized spacial score (nSPS) is 14.8. The molecule has 1 atom stereocenters. The molecule has 1 aromatic carbocycles. The lowest BCUT2D eigenvalue weighted by molar-refractivity contribution is -0.123. The minimum absolute atomic E-state index is 0.00974. The summed E-state index contributed by atoms with van der Waals surface area (Å²) < 4.78 is 15.5. The maximum atomic E-state index is 12.0. The van der Waals surface area contributed by atoms with Gasteiger partial charge in [-0.2, -0.15) is 4.98 Å². The van der Waals surface area contributed by atoms with Crippen molar-refractivity contribution in [3.8, 4) is 5.75 Å². The summed E-state index contributed by atoms with van der Waals surface area (Å²) in [6, 6.07) is 6.78. The molecule has 2 aromatic rings. The summed E-state index contributed by atoms with van der Waals surface area (Å²) in [5, 5.41) is 12.9. The average Bonchev–Trinajstić information content (AvgIpc) is 3.62. The number of nitrogens with one attached hydrogen (secondary N) is 3. The van der Waals surface area contributed by atoms with Gasteiger partial charge in [-0.25, -0.2) is 4.79 Å². The predicted molar refractivity (Wildman–Crippen MR) is 135 cm³/mol. The molecule has 3 N–H and O–H groups in total. The number of hydrogen-bond acceptors (Lipinski definition) is 9. The molecule has 37 heavy (non-hydrogen) atoms. The highest BCUT2D eigenvalue weighted by Gasteiger charge is 2.22. The fourth-order valence-corrected chi connectivity index (χ4v) is 4.05. The van der Waals surface area contributed by atoms with E-state index >= 15 is 0 Å². The highest BCUT2D eigenvalue weighted by molar-refractivity contribution is 5.92. The number of carbonyl (C=O) groups is 3. The molecule has 1 saturated heterocycles. The number of benzene rings is 1. The minimum atomic E-state index is -0.508. The first kappa shape index (κ1) is 28.1. The Kier molecular flexibility index (Phi) is 11.9. The van der Waals surface area contributed by atoms with E-state index in [-0.39, 0.29) is 36.6 Å². The number of amides is 2. The van der Waals surface area contributed by atoms with E-state index in [1.165, 1.54) is 7.11 Å². The molecule has 0 unspecified atom stereocenters. The fraction of sp³-hybridized carbons (Fsp3) is 0.577. The van der Waals surface area contributed by atoms with Crippen molar-refractivity contribution < 1.29 is 28.4 Å². The van der Waals surface area contributed by atoms with Crippen molar-refractivity contribution in [3.63, 3.8) is 0 Å². The number of esters is 1. The van der Waals surface area contributed by atoms with Gasteiger partial charge in [0.1, 0.15) is 11.3 Å². The van der Waals surface area contributed by atoms with Gasteiger partial charge in [-0.3, -0.25) is 9.59 Å². The molecule has 0 spiro atoms. The molecule has 0 bridgehead atoms. The number of hydrogen-bond donors (Lipinski definition) is 3. The van der Waals surface area contributed by atoms with Crippen LogP contribution >= 0.6 is 0 Å². The Morgan fingerprint density at radius 1 is 1.05 bits per heavy atom. The first-order chi connectivity index (χ1) is 18.1. The van der Waals surface area contributed by atoms with Crippen molar-refractivity contribution in [2.75, 3.05) is 26.8 Å². The van der Waals surface area contributed by atoms with E-state index in [2.05, 4.69) is 26.1 Å². The van der Waals surface area contributed by atoms with Gasteiger partial charge in [0.05, 0.1) is 19.7 Å². The molecule has 1 fully saturated rings. The number of nitrogens with zero attached hydrogens (tertiary/aromatic N) is 2. The van der Waals surface area contributed by atoms with Crippen molar-refractivity contribution >= 4 is 17.8 Å². The van der Waals surface area contributed by atoms with Crippen molar-refractivity contribution in [2.24, 2.45) is 0 Å². The van der Waals surface area contributed by atoms with Crippen LogP contribution in [0.4, 0.5) is 0 Å². The maximum Gasteiger partial charge on any atom is 0.341 e. The third-order valence-corrected chi connectivity index (χ3v) is 6.09. The molecule has 2 heterocycles. The van der Waals surface area contributed by atoms with Crippen LogP contribution in [0.3, 0.4) is 0 Å². The summed E-state index contributed by atoms with van der Waals surface area (Å²) in [7, 11) is 1.30. The quantitative estimate of drug-likeness (QED) is 0.227. The summed E-state index contributed by atoms with van der Waals surface area (Å²) in [5.41, 5.74) is 0.285. The molecule has 1 aliphatic heterocycles. The van der Waals surface area contributed by atoms with E-state index in [0.29, 0.717) is 30.4 Å². The summed E-state index contributed by atoms with van der Waals surface area (Å²) in [6.45, 7) is 1.64. The second kappa shape index (κ2) is 15.6. The Morgan fingerprint density at radius 2 is 1.84 bits per heavy atom. The van der Waals surface area contributed by atoms with Crippen LogP contribution in [0.15, 0.2) is 28.8 Å². The standard InChI is InChI=1S/C26H37N5O6/c1-35-26(34)19-11-7-8-13-21(19)36-18-24(33)28-15-9-5-3-2-4-6-14-23(32)29-17-22-30-25(37-31-22)20-12-10-16-27-20/h7-8,11,13,20,27H,2-6,9-10,12,14-18H2,1H3,(H,28,33)(H,29,32)/t20-/m1/s1. The van der Waals surface area contributed by atoms with Crippen LogP contribution in [0.25, 0.3) is 0 Å². The van der Waals surface area contributed by atoms with Gasteiger partial charge in [-0.05, 0) is 44.4 Å². The fourth-order valence-electron chi connectivity index (χ4n) is 4.05. The lowest BCUT2D eigenvalue weighted by Crippen LogP contribution is -2.30. The summed E-state index contributed by atoms with van der Waals surface area (Å²) in [6.07, 6.45) is 8.32. The molecule has 11 heteroatoms. The highest BCUT2D eigenvalue weighted by atomic mass is 16.5. The molecule has 11 nitrogen and oxygen atoms in total. The topological polar surface area (TPSA) is 145 Å². The average molecular weight is 516 g/mol. The number of rotatable bonds is 16. The van der Waals surface area contributed by atoms with Gasteiger partial charge in [0.25, 0.3) is 5.91 Å². The van der Waals surface area contributed by atoms with Gasteiger partial charge in [-0.15, -0.1) is 0 Å². The van der Waals surface area contributed by atoms with E-state index in [1.807, 2.05) is 0 Å². The largest absolute Gasteiger partial charge is 0.483 e. The molecular weight excluding hydrogens is 478 g/mol. The van der Waals surface area contributed by atoms with Crippen LogP contribution in [0, 0.1) is 0 Å². The van der Waals surface area contributed by atoms with E-state index in [0.717, 1.165) is 57.9 Å².